The number of carboxylic acid groups (broad SMARTS) is 1. The Morgan fingerprint density at radius 3 is 2.32 bits per heavy atom. The predicted molar refractivity (Wildman–Crippen MR) is 111 cm³/mol. The zero-order valence-electron chi connectivity index (χ0n) is 14.7. The first-order chi connectivity index (χ1) is 13.3. The molecular formula is C20H18BrNO5S. The number of hydrogen-bond acceptors (Lipinski definition) is 4. The summed E-state index contributed by atoms with van der Waals surface area (Å²) < 4.78 is 28.9. The second-order valence-corrected chi connectivity index (χ2v) is 8.88. The number of carboxylic acids is 1. The maximum atomic E-state index is 12.8. The lowest BCUT2D eigenvalue weighted by molar-refractivity contribution is -0.137. The fraction of sp³-hybridized carbons (Fsp3) is 0.150. The van der Waals surface area contributed by atoms with Crippen LogP contribution in [0, 0.1) is 0 Å². The van der Waals surface area contributed by atoms with Gasteiger partial charge in [0.2, 0.25) is 0 Å². The van der Waals surface area contributed by atoms with Crippen LogP contribution in [0.25, 0.3) is 10.8 Å². The molecular weight excluding hydrogens is 446 g/mol. The number of aromatic hydroxyl groups is 1. The number of phenolic OH excluding ortho intramolecular Hbond substituents is 1. The van der Waals surface area contributed by atoms with Gasteiger partial charge in [0.05, 0.1) is 10.6 Å². The van der Waals surface area contributed by atoms with Gasteiger partial charge in [-0.1, -0.05) is 40.2 Å². The van der Waals surface area contributed by atoms with Crippen LogP contribution in [0.5, 0.6) is 5.75 Å². The van der Waals surface area contributed by atoms with Crippen LogP contribution in [0.3, 0.4) is 0 Å². The molecule has 3 rings (SSSR count). The Hall–Kier alpha value is -2.58. The maximum Gasteiger partial charge on any atom is 0.303 e. The number of benzene rings is 3. The van der Waals surface area contributed by atoms with Gasteiger partial charge >= 0.3 is 5.97 Å². The summed E-state index contributed by atoms with van der Waals surface area (Å²) in [7, 11) is -3.83. The Labute approximate surface area is 171 Å². The van der Waals surface area contributed by atoms with Gasteiger partial charge in [0.1, 0.15) is 5.75 Å². The second-order valence-electron chi connectivity index (χ2n) is 6.28. The SMILES string of the molecule is O=C(O)CCCc1cc(NS(=O)(=O)c2ccc(Br)cc2)c2ccccc2c1O. The van der Waals surface area contributed by atoms with Crippen LogP contribution in [0.4, 0.5) is 5.69 Å². The number of carbonyl (C=O) groups is 1. The molecule has 3 aromatic carbocycles. The average molecular weight is 464 g/mol. The van der Waals surface area contributed by atoms with E-state index in [0.29, 0.717) is 34.9 Å². The molecule has 0 amide bonds. The molecule has 0 saturated carbocycles. The molecule has 0 radical (unpaired) electrons. The molecule has 0 atom stereocenters. The number of rotatable bonds is 7. The number of aryl methyl sites for hydroxylation is 1. The monoisotopic (exact) mass is 463 g/mol. The van der Waals surface area contributed by atoms with E-state index in [1.54, 1.807) is 42.5 Å². The Morgan fingerprint density at radius 1 is 1.04 bits per heavy atom. The molecule has 0 saturated heterocycles. The van der Waals surface area contributed by atoms with Crippen molar-refractivity contribution in [1.29, 1.82) is 0 Å². The van der Waals surface area contributed by atoms with Crippen molar-refractivity contribution in [2.45, 2.75) is 24.2 Å². The van der Waals surface area contributed by atoms with Crippen LogP contribution in [0.15, 0.2) is 64.0 Å². The molecule has 0 aliphatic heterocycles. The number of sulfonamides is 1. The third kappa shape index (κ3) is 4.45. The molecule has 0 heterocycles. The number of nitrogens with one attached hydrogen (secondary N) is 1. The van der Waals surface area contributed by atoms with Gasteiger partial charge in [-0.25, -0.2) is 8.42 Å². The van der Waals surface area contributed by atoms with Gasteiger partial charge in [0, 0.05) is 21.7 Å². The minimum absolute atomic E-state index is 0.0348. The molecule has 0 fully saturated rings. The molecule has 0 aliphatic rings. The maximum absolute atomic E-state index is 12.8. The highest BCUT2D eigenvalue weighted by atomic mass is 79.9. The lowest BCUT2D eigenvalue weighted by atomic mass is 10.00. The number of aliphatic carboxylic acids is 1. The van der Waals surface area contributed by atoms with Gasteiger partial charge in [0.25, 0.3) is 10.0 Å². The number of phenols is 1. The Bertz CT molecular complexity index is 1130. The zero-order valence-corrected chi connectivity index (χ0v) is 17.1. The Kier molecular flexibility index (Phi) is 5.90. The molecule has 0 unspecified atom stereocenters. The molecule has 3 N–H and O–H groups in total. The van der Waals surface area contributed by atoms with Gasteiger partial charge in [-0.3, -0.25) is 9.52 Å². The first-order valence-corrected chi connectivity index (χ1v) is 10.8. The second kappa shape index (κ2) is 8.20. The van der Waals surface area contributed by atoms with E-state index in [1.807, 2.05) is 0 Å². The minimum Gasteiger partial charge on any atom is -0.507 e. The molecule has 0 spiro atoms. The van der Waals surface area contributed by atoms with E-state index in [9.17, 15) is 18.3 Å². The van der Waals surface area contributed by atoms with Crippen molar-refractivity contribution in [3.8, 4) is 5.75 Å². The smallest absolute Gasteiger partial charge is 0.303 e. The quantitative estimate of drug-likeness (QED) is 0.447. The number of anilines is 1. The summed E-state index contributed by atoms with van der Waals surface area (Å²) in [6.45, 7) is 0. The number of hydrogen-bond donors (Lipinski definition) is 3. The molecule has 6 nitrogen and oxygen atoms in total. The standard InChI is InChI=1S/C20H18BrNO5S/c21-14-8-10-15(11-9-14)28(26,27)22-18-12-13(4-3-7-19(23)24)20(25)17-6-2-1-5-16(17)18/h1-2,5-6,8-12,22,25H,3-4,7H2,(H,23,24). The van der Waals surface area contributed by atoms with Crippen molar-refractivity contribution in [2.24, 2.45) is 0 Å². The summed E-state index contributed by atoms with van der Waals surface area (Å²) in [5.41, 5.74) is 0.829. The number of fused-ring (bicyclic) bond motifs is 1. The largest absolute Gasteiger partial charge is 0.507 e. The van der Waals surface area contributed by atoms with Crippen molar-refractivity contribution in [2.75, 3.05) is 4.72 Å². The van der Waals surface area contributed by atoms with Crippen molar-refractivity contribution in [3.63, 3.8) is 0 Å². The van der Waals surface area contributed by atoms with Gasteiger partial charge in [-0.15, -0.1) is 0 Å². The van der Waals surface area contributed by atoms with E-state index in [2.05, 4.69) is 20.7 Å². The summed E-state index contributed by atoms with van der Waals surface area (Å²) in [6.07, 6.45) is 0.613. The molecule has 0 bridgehead atoms. The van der Waals surface area contributed by atoms with E-state index in [-0.39, 0.29) is 17.1 Å². The fourth-order valence-corrected chi connectivity index (χ4v) is 4.28. The highest BCUT2D eigenvalue weighted by molar-refractivity contribution is 9.10. The van der Waals surface area contributed by atoms with E-state index < -0.39 is 16.0 Å². The van der Waals surface area contributed by atoms with Crippen LogP contribution in [-0.4, -0.2) is 24.6 Å². The molecule has 28 heavy (non-hydrogen) atoms. The zero-order chi connectivity index (χ0) is 20.3. The molecule has 8 heteroatoms. The first-order valence-electron chi connectivity index (χ1n) is 8.52. The van der Waals surface area contributed by atoms with Crippen molar-refractivity contribution in [3.05, 3.63) is 64.6 Å². The third-order valence-corrected chi connectivity index (χ3v) is 6.21. The minimum atomic E-state index is -3.83. The van der Waals surface area contributed by atoms with Gasteiger partial charge < -0.3 is 10.2 Å². The molecule has 146 valence electrons. The fourth-order valence-electron chi connectivity index (χ4n) is 2.94. The number of halogens is 1. The van der Waals surface area contributed by atoms with Gasteiger partial charge in [0.15, 0.2) is 0 Å². The summed E-state index contributed by atoms with van der Waals surface area (Å²) in [6, 6.07) is 14.7. The van der Waals surface area contributed by atoms with E-state index in [0.717, 1.165) is 4.47 Å². The van der Waals surface area contributed by atoms with Gasteiger partial charge in [-0.05, 0) is 48.7 Å². The summed E-state index contributed by atoms with van der Waals surface area (Å²) in [5, 5.41) is 20.4. The van der Waals surface area contributed by atoms with Crippen molar-refractivity contribution >= 4 is 48.4 Å². The van der Waals surface area contributed by atoms with Crippen LogP contribution in [0.1, 0.15) is 18.4 Å². The van der Waals surface area contributed by atoms with Crippen LogP contribution in [0.2, 0.25) is 0 Å². The normalized spacial score (nSPS) is 11.5. The Morgan fingerprint density at radius 2 is 1.68 bits per heavy atom. The van der Waals surface area contributed by atoms with E-state index in [4.69, 9.17) is 5.11 Å². The van der Waals surface area contributed by atoms with E-state index in [1.165, 1.54) is 12.1 Å². The summed E-state index contributed by atoms with van der Waals surface area (Å²) >= 11 is 3.28. The van der Waals surface area contributed by atoms with E-state index >= 15 is 0 Å². The van der Waals surface area contributed by atoms with Crippen molar-refractivity contribution in [1.82, 2.24) is 0 Å². The highest BCUT2D eigenvalue weighted by Crippen LogP contribution is 2.36. The van der Waals surface area contributed by atoms with Gasteiger partial charge in [-0.2, -0.15) is 0 Å². The average Bonchev–Trinajstić information content (AvgIpc) is 2.65. The lowest BCUT2D eigenvalue weighted by Crippen LogP contribution is -2.13. The highest BCUT2D eigenvalue weighted by Gasteiger charge is 2.18. The Balaban J connectivity index is 2.02. The predicted octanol–water partition coefficient (Wildman–Crippen LogP) is 4.52. The van der Waals surface area contributed by atoms with Crippen LogP contribution in [-0.2, 0) is 21.2 Å². The lowest BCUT2D eigenvalue weighted by Gasteiger charge is -2.15. The summed E-state index contributed by atoms with van der Waals surface area (Å²) in [5.74, 6) is -0.885. The molecule has 0 aromatic heterocycles. The third-order valence-electron chi connectivity index (χ3n) is 4.30. The molecule has 0 aliphatic carbocycles. The first kappa shape index (κ1) is 20.2. The molecule has 3 aromatic rings. The summed E-state index contributed by atoms with van der Waals surface area (Å²) in [4.78, 5) is 10.9. The van der Waals surface area contributed by atoms with Crippen LogP contribution >= 0.6 is 15.9 Å². The van der Waals surface area contributed by atoms with Crippen molar-refractivity contribution < 1.29 is 23.4 Å². The van der Waals surface area contributed by atoms with Crippen LogP contribution < -0.4 is 4.72 Å². The topological polar surface area (TPSA) is 104 Å².